The number of rotatable bonds is 5. The van der Waals surface area contributed by atoms with E-state index in [0.29, 0.717) is 0 Å². The quantitative estimate of drug-likeness (QED) is 0.870. The second-order valence-corrected chi connectivity index (χ2v) is 5.09. The lowest BCUT2D eigenvalue weighted by Gasteiger charge is -2.28. The summed E-state index contributed by atoms with van der Waals surface area (Å²) in [5.74, 6) is 0.304. The molecule has 5 heteroatoms. The maximum Gasteiger partial charge on any atom is 0.306 e. The van der Waals surface area contributed by atoms with Gasteiger partial charge in [0.2, 0.25) is 0 Å². The Morgan fingerprint density at radius 3 is 3.00 bits per heavy atom. The largest absolute Gasteiger partial charge is 0.481 e. The summed E-state index contributed by atoms with van der Waals surface area (Å²) in [6.45, 7) is 2.96. The van der Waals surface area contributed by atoms with E-state index < -0.39 is 5.97 Å². The van der Waals surface area contributed by atoms with Crippen LogP contribution in [0, 0.1) is 11.8 Å². The minimum atomic E-state index is -0.652. The zero-order valence-corrected chi connectivity index (χ0v) is 10.9. The number of carboxylic acids is 1. The SMILES string of the molecule is CCCn1ncnc1CC1CCCCC1C(=O)O. The first-order valence-electron chi connectivity index (χ1n) is 6.81. The zero-order chi connectivity index (χ0) is 13.0. The number of aryl methyl sites for hydroxylation is 1. The van der Waals surface area contributed by atoms with E-state index in [9.17, 15) is 9.90 Å². The van der Waals surface area contributed by atoms with Crippen molar-refractivity contribution in [2.45, 2.75) is 52.0 Å². The van der Waals surface area contributed by atoms with Crippen LogP contribution in [0.2, 0.25) is 0 Å². The molecule has 0 aromatic carbocycles. The van der Waals surface area contributed by atoms with Crippen molar-refractivity contribution in [3.8, 4) is 0 Å². The Bertz CT molecular complexity index is 403. The van der Waals surface area contributed by atoms with Crippen molar-refractivity contribution in [2.24, 2.45) is 11.8 Å². The van der Waals surface area contributed by atoms with Crippen LogP contribution in [0.3, 0.4) is 0 Å². The van der Waals surface area contributed by atoms with Crippen molar-refractivity contribution in [1.29, 1.82) is 0 Å². The first kappa shape index (κ1) is 13.1. The van der Waals surface area contributed by atoms with Crippen LogP contribution < -0.4 is 0 Å². The molecule has 1 heterocycles. The minimum Gasteiger partial charge on any atom is -0.481 e. The van der Waals surface area contributed by atoms with Crippen LogP contribution in [0.1, 0.15) is 44.9 Å². The zero-order valence-electron chi connectivity index (χ0n) is 10.9. The predicted octanol–water partition coefficient (Wildman–Crippen LogP) is 2.12. The number of carboxylic acid groups (broad SMARTS) is 1. The monoisotopic (exact) mass is 251 g/mol. The van der Waals surface area contributed by atoms with E-state index in [1.165, 1.54) is 0 Å². The van der Waals surface area contributed by atoms with Crippen LogP contribution in [-0.2, 0) is 17.8 Å². The van der Waals surface area contributed by atoms with Crippen molar-refractivity contribution in [3.05, 3.63) is 12.2 Å². The molecular weight excluding hydrogens is 230 g/mol. The first-order chi connectivity index (χ1) is 8.72. The lowest BCUT2D eigenvalue weighted by atomic mass is 9.77. The van der Waals surface area contributed by atoms with Gasteiger partial charge in [-0.2, -0.15) is 5.10 Å². The molecule has 100 valence electrons. The highest BCUT2D eigenvalue weighted by Crippen LogP contribution is 2.32. The van der Waals surface area contributed by atoms with Gasteiger partial charge in [0.15, 0.2) is 0 Å². The molecule has 1 fully saturated rings. The van der Waals surface area contributed by atoms with Gasteiger partial charge in [0.1, 0.15) is 12.2 Å². The van der Waals surface area contributed by atoms with Crippen LogP contribution in [0.4, 0.5) is 0 Å². The Morgan fingerprint density at radius 2 is 2.28 bits per heavy atom. The number of hydrogen-bond donors (Lipinski definition) is 1. The molecule has 0 saturated heterocycles. The fourth-order valence-electron chi connectivity index (χ4n) is 2.86. The summed E-state index contributed by atoms with van der Waals surface area (Å²) in [6, 6.07) is 0. The van der Waals surface area contributed by atoms with Gasteiger partial charge < -0.3 is 5.11 Å². The average molecular weight is 251 g/mol. The van der Waals surface area contributed by atoms with Gasteiger partial charge in [-0.05, 0) is 25.2 Å². The van der Waals surface area contributed by atoms with Crippen LogP contribution in [0.5, 0.6) is 0 Å². The van der Waals surface area contributed by atoms with Crippen molar-refractivity contribution in [2.75, 3.05) is 0 Å². The summed E-state index contributed by atoms with van der Waals surface area (Å²) < 4.78 is 1.91. The Morgan fingerprint density at radius 1 is 1.50 bits per heavy atom. The molecule has 2 atom stereocenters. The molecule has 0 spiro atoms. The topological polar surface area (TPSA) is 68.0 Å². The van der Waals surface area contributed by atoms with Crippen LogP contribution in [-0.4, -0.2) is 25.8 Å². The minimum absolute atomic E-state index is 0.203. The fraction of sp³-hybridized carbons (Fsp3) is 0.769. The van der Waals surface area contributed by atoms with E-state index in [1.807, 2.05) is 4.68 Å². The summed E-state index contributed by atoms with van der Waals surface area (Å²) in [5.41, 5.74) is 0. The molecule has 0 bridgehead atoms. The third-order valence-corrected chi connectivity index (χ3v) is 3.80. The molecule has 1 aromatic rings. The van der Waals surface area contributed by atoms with Crippen LogP contribution in [0.15, 0.2) is 6.33 Å². The molecule has 0 amide bonds. The Balaban J connectivity index is 2.06. The second-order valence-electron chi connectivity index (χ2n) is 5.09. The summed E-state index contributed by atoms with van der Waals surface area (Å²) in [4.78, 5) is 15.5. The Hall–Kier alpha value is -1.39. The van der Waals surface area contributed by atoms with Gasteiger partial charge >= 0.3 is 5.97 Å². The lowest BCUT2D eigenvalue weighted by Crippen LogP contribution is -2.29. The third kappa shape index (κ3) is 2.89. The van der Waals surface area contributed by atoms with Crippen molar-refractivity contribution in [1.82, 2.24) is 14.8 Å². The maximum absolute atomic E-state index is 11.3. The Kier molecular flexibility index (Phi) is 4.33. The molecule has 18 heavy (non-hydrogen) atoms. The van der Waals surface area contributed by atoms with Crippen molar-refractivity contribution < 1.29 is 9.90 Å². The predicted molar refractivity (Wildman–Crippen MR) is 67.1 cm³/mol. The van der Waals surface area contributed by atoms with E-state index in [0.717, 1.165) is 50.9 Å². The number of nitrogens with zero attached hydrogens (tertiary/aromatic N) is 3. The molecule has 1 N–H and O–H groups in total. The Labute approximate surface area is 107 Å². The smallest absolute Gasteiger partial charge is 0.306 e. The van der Waals surface area contributed by atoms with Gasteiger partial charge in [-0.3, -0.25) is 9.48 Å². The van der Waals surface area contributed by atoms with Crippen LogP contribution in [0.25, 0.3) is 0 Å². The van der Waals surface area contributed by atoms with Gasteiger partial charge in [-0.1, -0.05) is 19.8 Å². The van der Waals surface area contributed by atoms with Crippen molar-refractivity contribution >= 4 is 5.97 Å². The molecule has 0 aliphatic heterocycles. The maximum atomic E-state index is 11.3. The van der Waals surface area contributed by atoms with E-state index in [1.54, 1.807) is 6.33 Å². The third-order valence-electron chi connectivity index (χ3n) is 3.80. The van der Waals surface area contributed by atoms with Gasteiger partial charge in [-0.25, -0.2) is 4.98 Å². The average Bonchev–Trinajstić information content (AvgIpc) is 2.78. The lowest BCUT2D eigenvalue weighted by molar-refractivity contribution is -0.144. The molecule has 2 unspecified atom stereocenters. The molecule has 1 aromatic heterocycles. The number of carbonyl (C=O) groups is 1. The summed E-state index contributed by atoms with van der Waals surface area (Å²) in [7, 11) is 0. The van der Waals surface area contributed by atoms with E-state index in [2.05, 4.69) is 17.0 Å². The van der Waals surface area contributed by atoms with E-state index in [4.69, 9.17) is 0 Å². The molecule has 1 aliphatic rings. The number of aliphatic carboxylic acids is 1. The molecule has 0 radical (unpaired) electrons. The standard InChI is InChI=1S/C13H21N3O2/c1-2-7-16-12(14-9-15-16)8-10-5-3-4-6-11(10)13(17)18/h9-11H,2-8H2,1H3,(H,17,18). The number of aromatic nitrogens is 3. The van der Waals surface area contributed by atoms with E-state index in [-0.39, 0.29) is 11.8 Å². The summed E-state index contributed by atoms with van der Waals surface area (Å²) >= 11 is 0. The molecule has 1 saturated carbocycles. The summed E-state index contributed by atoms with van der Waals surface area (Å²) in [6.07, 6.45) is 7.31. The van der Waals surface area contributed by atoms with Gasteiger partial charge in [-0.15, -0.1) is 0 Å². The van der Waals surface area contributed by atoms with Gasteiger partial charge in [0, 0.05) is 13.0 Å². The molecule has 1 aliphatic carbocycles. The molecular formula is C13H21N3O2. The highest BCUT2D eigenvalue weighted by atomic mass is 16.4. The fourth-order valence-corrected chi connectivity index (χ4v) is 2.86. The normalized spacial score (nSPS) is 24.1. The van der Waals surface area contributed by atoms with Crippen LogP contribution >= 0.6 is 0 Å². The number of hydrogen-bond acceptors (Lipinski definition) is 3. The van der Waals surface area contributed by atoms with Gasteiger partial charge in [0.25, 0.3) is 0 Å². The molecule has 5 nitrogen and oxygen atoms in total. The second kappa shape index (κ2) is 5.98. The first-order valence-corrected chi connectivity index (χ1v) is 6.81. The van der Waals surface area contributed by atoms with Crippen molar-refractivity contribution in [3.63, 3.8) is 0 Å². The molecule has 2 rings (SSSR count). The van der Waals surface area contributed by atoms with Gasteiger partial charge in [0.05, 0.1) is 5.92 Å². The van der Waals surface area contributed by atoms with E-state index >= 15 is 0 Å². The highest BCUT2D eigenvalue weighted by Gasteiger charge is 2.31. The summed E-state index contributed by atoms with van der Waals surface area (Å²) in [5, 5.41) is 13.5. The highest BCUT2D eigenvalue weighted by molar-refractivity contribution is 5.70.